The van der Waals surface area contributed by atoms with Gasteiger partial charge in [0.25, 0.3) is 5.91 Å². The van der Waals surface area contributed by atoms with Crippen LogP contribution < -0.4 is 10.6 Å². The van der Waals surface area contributed by atoms with E-state index < -0.39 is 0 Å². The SMILES string of the molecule is CCCCCNC(=O)c1ccnc(NCCC(C)C)c1. The lowest BCUT2D eigenvalue weighted by molar-refractivity contribution is 0.0953. The average Bonchev–Trinajstić information content (AvgIpc) is 2.43. The largest absolute Gasteiger partial charge is 0.370 e. The number of pyridine rings is 1. The van der Waals surface area contributed by atoms with Gasteiger partial charge < -0.3 is 10.6 Å². The summed E-state index contributed by atoms with van der Waals surface area (Å²) in [5.41, 5.74) is 0.670. The maximum Gasteiger partial charge on any atom is 0.251 e. The van der Waals surface area contributed by atoms with Crippen LogP contribution in [-0.4, -0.2) is 24.0 Å². The second kappa shape index (κ2) is 9.34. The molecule has 1 rings (SSSR count). The van der Waals surface area contributed by atoms with E-state index in [1.807, 2.05) is 6.07 Å². The summed E-state index contributed by atoms with van der Waals surface area (Å²) in [5, 5.41) is 6.20. The molecule has 1 aromatic heterocycles. The van der Waals surface area contributed by atoms with Crippen molar-refractivity contribution in [1.82, 2.24) is 10.3 Å². The van der Waals surface area contributed by atoms with Gasteiger partial charge in [-0.05, 0) is 30.9 Å². The fourth-order valence-corrected chi connectivity index (χ4v) is 1.84. The van der Waals surface area contributed by atoms with Gasteiger partial charge in [-0.3, -0.25) is 4.79 Å². The molecule has 0 aromatic carbocycles. The van der Waals surface area contributed by atoms with Crippen molar-refractivity contribution in [2.24, 2.45) is 5.92 Å². The van der Waals surface area contributed by atoms with E-state index in [0.29, 0.717) is 11.5 Å². The number of hydrogen-bond acceptors (Lipinski definition) is 3. The number of carbonyl (C=O) groups is 1. The minimum absolute atomic E-state index is 0.0181. The minimum atomic E-state index is -0.0181. The highest BCUT2D eigenvalue weighted by atomic mass is 16.1. The molecule has 4 nitrogen and oxygen atoms in total. The molecule has 0 aliphatic heterocycles. The molecule has 2 N–H and O–H groups in total. The first-order chi connectivity index (χ1) is 9.63. The Hall–Kier alpha value is -1.58. The van der Waals surface area contributed by atoms with Crippen molar-refractivity contribution in [3.63, 3.8) is 0 Å². The van der Waals surface area contributed by atoms with Gasteiger partial charge in [-0.2, -0.15) is 0 Å². The summed E-state index contributed by atoms with van der Waals surface area (Å²) >= 11 is 0. The Bertz CT molecular complexity index is 404. The topological polar surface area (TPSA) is 54.0 Å². The van der Waals surface area contributed by atoms with Gasteiger partial charge in [0, 0.05) is 24.8 Å². The zero-order chi connectivity index (χ0) is 14.8. The van der Waals surface area contributed by atoms with Gasteiger partial charge in [0.05, 0.1) is 0 Å². The van der Waals surface area contributed by atoms with Crippen LogP contribution in [0.5, 0.6) is 0 Å². The van der Waals surface area contributed by atoms with Crippen LogP contribution in [0.15, 0.2) is 18.3 Å². The van der Waals surface area contributed by atoms with Crippen LogP contribution in [0.3, 0.4) is 0 Å². The third kappa shape index (κ3) is 6.55. The number of amides is 1. The summed E-state index contributed by atoms with van der Waals surface area (Å²) in [6.45, 7) is 8.15. The van der Waals surface area contributed by atoms with Gasteiger partial charge in [0.1, 0.15) is 5.82 Å². The molecular weight excluding hydrogens is 250 g/mol. The molecule has 0 bridgehead atoms. The molecular formula is C16H27N3O. The van der Waals surface area contributed by atoms with Gasteiger partial charge >= 0.3 is 0 Å². The lowest BCUT2D eigenvalue weighted by Gasteiger charge is -2.09. The lowest BCUT2D eigenvalue weighted by atomic mass is 10.1. The highest BCUT2D eigenvalue weighted by Crippen LogP contribution is 2.08. The fraction of sp³-hybridized carbons (Fsp3) is 0.625. The molecule has 0 aliphatic carbocycles. The normalized spacial score (nSPS) is 10.6. The van der Waals surface area contributed by atoms with Crippen molar-refractivity contribution >= 4 is 11.7 Å². The van der Waals surface area contributed by atoms with E-state index >= 15 is 0 Å². The summed E-state index contributed by atoms with van der Waals surface area (Å²) in [6.07, 6.45) is 6.12. The molecule has 0 atom stereocenters. The molecule has 0 fully saturated rings. The van der Waals surface area contributed by atoms with Crippen molar-refractivity contribution in [2.75, 3.05) is 18.4 Å². The van der Waals surface area contributed by atoms with Crippen LogP contribution in [-0.2, 0) is 0 Å². The van der Waals surface area contributed by atoms with Gasteiger partial charge in [0.15, 0.2) is 0 Å². The Morgan fingerprint density at radius 2 is 2.10 bits per heavy atom. The molecule has 1 amide bonds. The molecule has 0 saturated heterocycles. The first kappa shape index (κ1) is 16.5. The van der Waals surface area contributed by atoms with Crippen molar-refractivity contribution < 1.29 is 4.79 Å². The van der Waals surface area contributed by atoms with E-state index in [1.54, 1.807) is 12.3 Å². The Balaban J connectivity index is 2.43. The van der Waals surface area contributed by atoms with Gasteiger partial charge in [0.2, 0.25) is 0 Å². The predicted molar refractivity (Wildman–Crippen MR) is 84.0 cm³/mol. The summed E-state index contributed by atoms with van der Waals surface area (Å²) in [7, 11) is 0. The van der Waals surface area contributed by atoms with E-state index in [2.05, 4.69) is 36.4 Å². The van der Waals surface area contributed by atoms with Crippen LogP contribution in [0.1, 0.15) is 56.8 Å². The molecule has 0 saturated carbocycles. The predicted octanol–water partition coefficient (Wildman–Crippen LogP) is 3.46. The molecule has 1 heterocycles. The van der Waals surface area contributed by atoms with Gasteiger partial charge in [-0.15, -0.1) is 0 Å². The Morgan fingerprint density at radius 1 is 1.30 bits per heavy atom. The molecule has 0 unspecified atom stereocenters. The maximum absolute atomic E-state index is 12.0. The molecule has 4 heteroatoms. The standard InChI is InChI=1S/C16H27N3O/c1-4-5-6-9-19-16(20)14-8-11-18-15(12-14)17-10-7-13(2)3/h8,11-13H,4-7,9-10H2,1-3H3,(H,17,18)(H,19,20). The highest BCUT2D eigenvalue weighted by molar-refractivity contribution is 5.94. The Labute approximate surface area is 122 Å². The van der Waals surface area contributed by atoms with Crippen molar-refractivity contribution in [1.29, 1.82) is 0 Å². The van der Waals surface area contributed by atoms with Crippen LogP contribution in [0.4, 0.5) is 5.82 Å². The Kier molecular flexibility index (Phi) is 7.70. The van der Waals surface area contributed by atoms with Crippen molar-refractivity contribution in [2.45, 2.75) is 46.5 Å². The van der Waals surface area contributed by atoms with Crippen molar-refractivity contribution in [3.8, 4) is 0 Å². The number of anilines is 1. The second-order valence-electron chi connectivity index (χ2n) is 5.50. The first-order valence-electron chi connectivity index (χ1n) is 7.61. The first-order valence-corrected chi connectivity index (χ1v) is 7.61. The van der Waals surface area contributed by atoms with E-state index in [-0.39, 0.29) is 5.91 Å². The number of nitrogens with zero attached hydrogens (tertiary/aromatic N) is 1. The molecule has 20 heavy (non-hydrogen) atoms. The molecule has 0 spiro atoms. The van der Waals surface area contributed by atoms with E-state index in [0.717, 1.165) is 44.6 Å². The molecule has 112 valence electrons. The summed E-state index contributed by atoms with van der Waals surface area (Å²) in [6, 6.07) is 3.57. The third-order valence-corrected chi connectivity index (χ3v) is 3.12. The smallest absolute Gasteiger partial charge is 0.251 e. The lowest BCUT2D eigenvalue weighted by Crippen LogP contribution is -2.24. The van der Waals surface area contributed by atoms with Crippen molar-refractivity contribution in [3.05, 3.63) is 23.9 Å². The number of hydrogen-bond donors (Lipinski definition) is 2. The molecule has 1 aromatic rings. The Morgan fingerprint density at radius 3 is 2.80 bits per heavy atom. The quantitative estimate of drug-likeness (QED) is 0.680. The van der Waals surface area contributed by atoms with Gasteiger partial charge in [-0.25, -0.2) is 4.98 Å². The zero-order valence-corrected chi connectivity index (χ0v) is 12.9. The molecule has 0 aliphatic rings. The highest BCUT2D eigenvalue weighted by Gasteiger charge is 2.06. The maximum atomic E-state index is 12.0. The third-order valence-electron chi connectivity index (χ3n) is 3.12. The summed E-state index contributed by atoms with van der Waals surface area (Å²) in [5.74, 6) is 1.41. The zero-order valence-electron chi connectivity index (χ0n) is 12.9. The second-order valence-corrected chi connectivity index (χ2v) is 5.50. The van der Waals surface area contributed by atoms with E-state index in [9.17, 15) is 4.79 Å². The average molecular weight is 277 g/mol. The van der Waals surface area contributed by atoms with Crippen LogP contribution in [0.2, 0.25) is 0 Å². The van der Waals surface area contributed by atoms with Gasteiger partial charge in [-0.1, -0.05) is 33.6 Å². The van der Waals surface area contributed by atoms with E-state index in [1.165, 1.54) is 0 Å². The minimum Gasteiger partial charge on any atom is -0.370 e. The number of carbonyl (C=O) groups excluding carboxylic acids is 1. The van der Waals surface area contributed by atoms with Crippen LogP contribution >= 0.6 is 0 Å². The number of unbranched alkanes of at least 4 members (excludes halogenated alkanes) is 2. The van der Waals surface area contributed by atoms with E-state index in [4.69, 9.17) is 0 Å². The molecule has 0 radical (unpaired) electrons. The monoisotopic (exact) mass is 277 g/mol. The number of nitrogens with one attached hydrogen (secondary N) is 2. The van der Waals surface area contributed by atoms with Crippen LogP contribution in [0, 0.1) is 5.92 Å². The van der Waals surface area contributed by atoms with Crippen LogP contribution in [0.25, 0.3) is 0 Å². The summed E-state index contributed by atoms with van der Waals surface area (Å²) < 4.78 is 0. The summed E-state index contributed by atoms with van der Waals surface area (Å²) in [4.78, 5) is 16.2. The number of aromatic nitrogens is 1. The number of rotatable bonds is 9. The fourth-order valence-electron chi connectivity index (χ4n) is 1.84.